The number of sulfonamides is 1. The number of aryl methyl sites for hydroxylation is 2. The van der Waals surface area contributed by atoms with Crippen molar-refractivity contribution in [2.45, 2.75) is 37.0 Å². The first kappa shape index (κ1) is 21.6. The van der Waals surface area contributed by atoms with E-state index in [9.17, 15) is 13.2 Å². The zero-order chi connectivity index (χ0) is 22.0. The summed E-state index contributed by atoms with van der Waals surface area (Å²) in [5.41, 5.74) is 2.97. The predicted molar refractivity (Wildman–Crippen MR) is 118 cm³/mol. The Balaban J connectivity index is 1.40. The largest absolute Gasteiger partial charge is 0.497 e. The Morgan fingerprint density at radius 1 is 1.00 bits per heavy atom. The first-order valence-electron chi connectivity index (χ1n) is 10.6. The number of amides is 1. The van der Waals surface area contributed by atoms with Crippen molar-refractivity contribution in [1.82, 2.24) is 4.31 Å². The van der Waals surface area contributed by atoms with Crippen LogP contribution in [0.25, 0.3) is 0 Å². The number of nitrogens with zero attached hydrogens (tertiary/aromatic N) is 1. The van der Waals surface area contributed by atoms with Crippen LogP contribution in [0.3, 0.4) is 0 Å². The minimum absolute atomic E-state index is 0.127. The van der Waals surface area contributed by atoms with Crippen molar-refractivity contribution in [2.75, 3.05) is 32.6 Å². The molecule has 0 radical (unpaired) electrons. The van der Waals surface area contributed by atoms with Crippen LogP contribution in [-0.4, -0.2) is 45.9 Å². The molecule has 0 saturated carbocycles. The number of carbonyl (C=O) groups is 1. The van der Waals surface area contributed by atoms with Crippen LogP contribution in [-0.2, 0) is 27.7 Å². The zero-order valence-corrected chi connectivity index (χ0v) is 18.7. The molecule has 0 aromatic heterocycles. The van der Waals surface area contributed by atoms with Crippen LogP contribution in [0.1, 0.15) is 30.4 Å². The van der Waals surface area contributed by atoms with Gasteiger partial charge in [-0.3, -0.25) is 4.79 Å². The van der Waals surface area contributed by atoms with Crippen molar-refractivity contribution in [1.29, 1.82) is 0 Å². The molecule has 0 bridgehead atoms. The summed E-state index contributed by atoms with van der Waals surface area (Å²) in [6.07, 6.45) is 4.01. The fourth-order valence-electron chi connectivity index (χ4n) is 4.35. The van der Waals surface area contributed by atoms with E-state index in [1.165, 1.54) is 17.0 Å². The van der Waals surface area contributed by atoms with Gasteiger partial charge in [-0.05, 0) is 67.5 Å². The molecular weight excluding hydrogens is 416 g/mol. The number of piperidine rings is 1. The van der Waals surface area contributed by atoms with Crippen molar-refractivity contribution < 1.29 is 22.7 Å². The van der Waals surface area contributed by atoms with E-state index in [1.807, 2.05) is 12.1 Å². The summed E-state index contributed by atoms with van der Waals surface area (Å²) in [4.78, 5) is 13.1. The average Bonchev–Trinajstić information content (AvgIpc) is 3.27. The van der Waals surface area contributed by atoms with Crippen LogP contribution in [0.2, 0.25) is 0 Å². The average molecular weight is 445 g/mol. The molecule has 166 valence electrons. The highest BCUT2D eigenvalue weighted by Crippen LogP contribution is 2.31. The first-order chi connectivity index (χ1) is 14.9. The standard InChI is InChI=1S/C23H28N2O5S/c1-29-19-7-9-21(22(15-19)30-2)24-23(26)17-10-12-25(13-11-17)31(27,28)20-8-6-16-4-3-5-18(16)14-20/h6-9,14-15,17H,3-5,10-13H2,1-2H3,(H,24,26). The van der Waals surface area contributed by atoms with Gasteiger partial charge in [0.15, 0.2) is 0 Å². The molecular formula is C23H28N2O5S. The Labute approximate surface area is 183 Å². The Hall–Kier alpha value is -2.58. The third kappa shape index (κ3) is 4.41. The fraction of sp³-hybridized carbons (Fsp3) is 0.435. The quantitative estimate of drug-likeness (QED) is 0.739. The molecule has 31 heavy (non-hydrogen) atoms. The van der Waals surface area contributed by atoms with Crippen LogP contribution in [0.15, 0.2) is 41.3 Å². The lowest BCUT2D eigenvalue weighted by molar-refractivity contribution is -0.120. The number of fused-ring (bicyclic) bond motifs is 1. The van der Waals surface area contributed by atoms with Gasteiger partial charge in [0, 0.05) is 25.1 Å². The molecule has 8 heteroatoms. The second-order valence-electron chi connectivity index (χ2n) is 8.02. The maximum Gasteiger partial charge on any atom is 0.243 e. The highest BCUT2D eigenvalue weighted by atomic mass is 32.2. The summed E-state index contributed by atoms with van der Waals surface area (Å²) in [5, 5.41) is 2.91. The van der Waals surface area contributed by atoms with E-state index in [0.717, 1.165) is 24.8 Å². The number of methoxy groups -OCH3 is 2. The summed E-state index contributed by atoms with van der Waals surface area (Å²) in [6.45, 7) is 0.661. The predicted octanol–water partition coefficient (Wildman–Crippen LogP) is 3.23. The normalized spacial score (nSPS) is 17.2. The van der Waals surface area contributed by atoms with Crippen LogP contribution >= 0.6 is 0 Å². The molecule has 1 aliphatic carbocycles. The number of hydrogen-bond acceptors (Lipinski definition) is 5. The number of hydrogen-bond donors (Lipinski definition) is 1. The molecule has 1 fully saturated rings. The molecule has 2 aliphatic rings. The highest BCUT2D eigenvalue weighted by Gasteiger charge is 2.33. The second kappa shape index (κ2) is 8.88. The number of nitrogens with one attached hydrogen (secondary N) is 1. The minimum atomic E-state index is -3.54. The molecule has 0 atom stereocenters. The van der Waals surface area contributed by atoms with Gasteiger partial charge in [-0.1, -0.05) is 6.07 Å². The van der Waals surface area contributed by atoms with Gasteiger partial charge >= 0.3 is 0 Å². The molecule has 1 N–H and O–H groups in total. The SMILES string of the molecule is COc1ccc(NC(=O)C2CCN(S(=O)(=O)c3ccc4c(c3)CCC4)CC2)c(OC)c1. The maximum absolute atomic E-state index is 13.1. The van der Waals surface area contributed by atoms with E-state index < -0.39 is 10.0 Å². The van der Waals surface area contributed by atoms with E-state index in [2.05, 4.69) is 5.32 Å². The van der Waals surface area contributed by atoms with Gasteiger partial charge in [0.1, 0.15) is 11.5 Å². The lowest BCUT2D eigenvalue weighted by atomic mass is 9.97. The van der Waals surface area contributed by atoms with Crippen molar-refractivity contribution in [3.63, 3.8) is 0 Å². The van der Waals surface area contributed by atoms with Crippen molar-refractivity contribution in [3.8, 4) is 11.5 Å². The number of benzene rings is 2. The fourth-order valence-corrected chi connectivity index (χ4v) is 5.87. The number of carbonyl (C=O) groups excluding carboxylic acids is 1. The summed E-state index contributed by atoms with van der Waals surface area (Å²) in [6, 6.07) is 10.7. The van der Waals surface area contributed by atoms with Gasteiger partial charge in [-0.25, -0.2) is 8.42 Å². The van der Waals surface area contributed by atoms with Crippen LogP contribution in [0.4, 0.5) is 5.69 Å². The molecule has 1 heterocycles. The molecule has 2 aromatic carbocycles. The Bertz CT molecular complexity index is 1080. The van der Waals surface area contributed by atoms with E-state index in [0.29, 0.717) is 48.0 Å². The van der Waals surface area contributed by atoms with Crippen LogP contribution < -0.4 is 14.8 Å². The second-order valence-corrected chi connectivity index (χ2v) is 9.96. The van der Waals surface area contributed by atoms with E-state index in [-0.39, 0.29) is 11.8 Å². The number of anilines is 1. The van der Waals surface area contributed by atoms with Gasteiger partial charge in [-0.2, -0.15) is 4.31 Å². The van der Waals surface area contributed by atoms with Crippen molar-refractivity contribution in [2.24, 2.45) is 5.92 Å². The van der Waals surface area contributed by atoms with Crippen molar-refractivity contribution >= 4 is 21.6 Å². The number of rotatable bonds is 6. The van der Waals surface area contributed by atoms with Gasteiger partial charge in [0.25, 0.3) is 0 Å². The molecule has 0 unspecified atom stereocenters. The lowest BCUT2D eigenvalue weighted by Gasteiger charge is -2.30. The third-order valence-electron chi connectivity index (χ3n) is 6.20. The van der Waals surface area contributed by atoms with Gasteiger partial charge in [0.2, 0.25) is 15.9 Å². The minimum Gasteiger partial charge on any atom is -0.497 e. The molecule has 1 saturated heterocycles. The van der Waals surface area contributed by atoms with Gasteiger partial charge in [0.05, 0.1) is 24.8 Å². The maximum atomic E-state index is 13.1. The third-order valence-corrected chi connectivity index (χ3v) is 8.09. The summed E-state index contributed by atoms with van der Waals surface area (Å²) >= 11 is 0. The summed E-state index contributed by atoms with van der Waals surface area (Å²) < 4.78 is 38.2. The Morgan fingerprint density at radius 3 is 2.45 bits per heavy atom. The molecule has 4 rings (SSSR count). The Morgan fingerprint density at radius 2 is 1.74 bits per heavy atom. The van der Waals surface area contributed by atoms with Gasteiger partial charge < -0.3 is 14.8 Å². The molecule has 7 nitrogen and oxygen atoms in total. The highest BCUT2D eigenvalue weighted by molar-refractivity contribution is 7.89. The lowest BCUT2D eigenvalue weighted by Crippen LogP contribution is -2.41. The molecule has 0 spiro atoms. The van der Waals surface area contributed by atoms with Crippen LogP contribution in [0, 0.1) is 5.92 Å². The van der Waals surface area contributed by atoms with Crippen LogP contribution in [0.5, 0.6) is 11.5 Å². The van der Waals surface area contributed by atoms with Gasteiger partial charge in [-0.15, -0.1) is 0 Å². The monoisotopic (exact) mass is 444 g/mol. The topological polar surface area (TPSA) is 84.9 Å². The molecule has 2 aromatic rings. The smallest absolute Gasteiger partial charge is 0.243 e. The van der Waals surface area contributed by atoms with E-state index in [4.69, 9.17) is 9.47 Å². The summed E-state index contributed by atoms with van der Waals surface area (Å²) in [5.74, 6) is 0.778. The van der Waals surface area contributed by atoms with E-state index >= 15 is 0 Å². The van der Waals surface area contributed by atoms with E-state index in [1.54, 1.807) is 31.4 Å². The summed E-state index contributed by atoms with van der Waals surface area (Å²) in [7, 11) is -0.441. The first-order valence-corrected chi connectivity index (χ1v) is 12.0. The molecule has 1 aliphatic heterocycles. The number of ether oxygens (including phenoxy) is 2. The molecule has 1 amide bonds. The Kier molecular flexibility index (Phi) is 6.20. The van der Waals surface area contributed by atoms with Crippen molar-refractivity contribution in [3.05, 3.63) is 47.5 Å². The zero-order valence-electron chi connectivity index (χ0n) is 17.9.